The minimum absolute atomic E-state index is 0.222. The molecule has 1 amide bonds. The van der Waals surface area contributed by atoms with E-state index in [1.165, 1.54) is 30.3 Å². The largest absolute Gasteiger partial charge is 0.477 e. The molecule has 172 valence electrons. The van der Waals surface area contributed by atoms with E-state index in [9.17, 15) is 4.79 Å². The topological polar surface area (TPSA) is 128 Å². The number of nitrogen functional groups attached to an aromatic ring is 1. The molecule has 1 fully saturated rings. The van der Waals surface area contributed by atoms with E-state index in [4.69, 9.17) is 15.2 Å². The Labute approximate surface area is 192 Å². The highest BCUT2D eigenvalue weighted by atomic mass is 32.2. The van der Waals surface area contributed by atoms with Gasteiger partial charge in [0.05, 0.1) is 13.2 Å². The van der Waals surface area contributed by atoms with Crippen LogP contribution in [0, 0.1) is 0 Å². The molecule has 0 aromatic carbocycles. The summed E-state index contributed by atoms with van der Waals surface area (Å²) >= 11 is 1.18. The second kappa shape index (κ2) is 11.5. The van der Waals surface area contributed by atoms with Crippen molar-refractivity contribution in [3.05, 3.63) is 18.2 Å². The summed E-state index contributed by atoms with van der Waals surface area (Å²) in [7, 11) is 0. The minimum atomic E-state index is -0.305. The molecule has 3 heterocycles. The van der Waals surface area contributed by atoms with Crippen LogP contribution in [0.5, 0.6) is 11.8 Å². The van der Waals surface area contributed by atoms with Gasteiger partial charge in [0, 0.05) is 19.2 Å². The van der Waals surface area contributed by atoms with Crippen LogP contribution in [0.25, 0.3) is 0 Å². The third kappa shape index (κ3) is 6.22. The monoisotopic (exact) mass is 459 g/mol. The number of amides is 1. The number of nitrogens with one attached hydrogen (secondary N) is 1. The third-order valence-electron chi connectivity index (χ3n) is 4.48. The normalized spacial score (nSPS) is 13.9. The number of nitrogens with two attached hydrogens (primary N) is 1. The molecule has 1 saturated heterocycles. The summed E-state index contributed by atoms with van der Waals surface area (Å²) in [4.78, 5) is 32.6. The number of aromatic nitrogens is 4. The molecular weight excluding hydrogens is 430 g/mol. The molecule has 2 aromatic rings. The molecule has 0 bridgehead atoms. The first kappa shape index (κ1) is 23.6. The van der Waals surface area contributed by atoms with E-state index in [0.29, 0.717) is 46.8 Å². The lowest BCUT2D eigenvalue weighted by Crippen LogP contribution is -2.31. The second-order valence-corrected chi connectivity index (χ2v) is 7.91. The fourth-order valence-electron chi connectivity index (χ4n) is 3.15. The zero-order valence-corrected chi connectivity index (χ0v) is 19.4. The lowest BCUT2D eigenvalue weighted by Gasteiger charge is -2.27. The average molecular weight is 460 g/mol. The van der Waals surface area contributed by atoms with Gasteiger partial charge in [-0.3, -0.25) is 4.79 Å². The van der Waals surface area contributed by atoms with Crippen molar-refractivity contribution in [1.82, 2.24) is 19.9 Å². The molecule has 11 heteroatoms. The zero-order valence-electron chi connectivity index (χ0n) is 18.6. The molecule has 1 aliphatic rings. The lowest BCUT2D eigenvalue weighted by atomic mass is 10.1. The fraction of sp³-hybridized carbons (Fsp3) is 0.476. The number of allylic oxidation sites excluding steroid dienone is 1. The molecule has 0 aliphatic carbocycles. The van der Waals surface area contributed by atoms with Crippen molar-refractivity contribution in [3.63, 3.8) is 0 Å². The van der Waals surface area contributed by atoms with E-state index in [0.717, 1.165) is 25.9 Å². The first-order valence-corrected chi connectivity index (χ1v) is 11.5. The van der Waals surface area contributed by atoms with Crippen molar-refractivity contribution in [2.24, 2.45) is 0 Å². The highest BCUT2D eigenvalue weighted by molar-refractivity contribution is 7.99. The molecule has 2 aromatic heterocycles. The highest BCUT2D eigenvalue weighted by Gasteiger charge is 2.23. The summed E-state index contributed by atoms with van der Waals surface area (Å²) in [5.74, 6) is 1.61. The van der Waals surface area contributed by atoms with Gasteiger partial charge in [0.1, 0.15) is 16.5 Å². The van der Waals surface area contributed by atoms with Gasteiger partial charge in [-0.15, -0.1) is 0 Å². The summed E-state index contributed by atoms with van der Waals surface area (Å²) in [6.45, 7) is 8.20. The maximum atomic E-state index is 11.9. The molecule has 0 saturated carbocycles. The Balaban J connectivity index is 1.96. The third-order valence-corrected chi connectivity index (χ3v) is 5.40. The Morgan fingerprint density at radius 1 is 1.12 bits per heavy atom. The van der Waals surface area contributed by atoms with E-state index in [-0.39, 0.29) is 11.7 Å². The number of hydrogen-bond donors (Lipinski definition) is 2. The molecular formula is C21H29N7O3S. The molecule has 0 atom stereocenters. The number of anilines is 3. The summed E-state index contributed by atoms with van der Waals surface area (Å²) in [5.41, 5.74) is 5.94. The molecule has 3 rings (SSSR count). The lowest BCUT2D eigenvalue weighted by molar-refractivity contribution is -0.111. The van der Waals surface area contributed by atoms with Gasteiger partial charge < -0.3 is 25.4 Å². The standard InChI is InChI=1S/C21H29N7O3S/c1-4-10-16(29)24-15-13-14(22)23-21(25-15)32-17-18(30-5-2)26-20(27-19(17)31-6-3)28-11-8-7-9-12-28/h4,10,13H,5-9,11-12H2,1-3H3,(H3,22,23,24,25,29)/b10-4+. The molecule has 10 nitrogen and oxygen atoms in total. The van der Waals surface area contributed by atoms with Crippen LogP contribution in [0.15, 0.2) is 28.3 Å². The van der Waals surface area contributed by atoms with Crippen LogP contribution < -0.4 is 25.4 Å². The number of rotatable bonds is 9. The maximum absolute atomic E-state index is 11.9. The Bertz CT molecular complexity index is 937. The number of ether oxygens (including phenoxy) is 2. The quantitative estimate of drug-likeness (QED) is 0.426. The Kier molecular flexibility index (Phi) is 8.48. The van der Waals surface area contributed by atoms with E-state index in [2.05, 4.69) is 30.2 Å². The van der Waals surface area contributed by atoms with Gasteiger partial charge >= 0.3 is 0 Å². The second-order valence-electron chi connectivity index (χ2n) is 6.93. The van der Waals surface area contributed by atoms with Crippen LogP contribution in [0.4, 0.5) is 17.6 Å². The van der Waals surface area contributed by atoms with Gasteiger partial charge in [0.25, 0.3) is 0 Å². The van der Waals surface area contributed by atoms with Crippen LogP contribution in [-0.2, 0) is 4.79 Å². The maximum Gasteiger partial charge on any atom is 0.249 e. The van der Waals surface area contributed by atoms with Crippen molar-refractivity contribution in [2.75, 3.05) is 42.3 Å². The number of carbonyl (C=O) groups is 1. The van der Waals surface area contributed by atoms with E-state index in [1.807, 2.05) is 13.8 Å². The fourth-order valence-corrected chi connectivity index (χ4v) is 4.02. The van der Waals surface area contributed by atoms with E-state index >= 15 is 0 Å². The van der Waals surface area contributed by atoms with Crippen LogP contribution in [0.1, 0.15) is 40.0 Å². The van der Waals surface area contributed by atoms with Crippen molar-refractivity contribution >= 4 is 35.3 Å². The van der Waals surface area contributed by atoms with E-state index in [1.54, 1.807) is 13.0 Å². The highest BCUT2D eigenvalue weighted by Crippen LogP contribution is 2.40. The van der Waals surface area contributed by atoms with Gasteiger partial charge in [-0.05, 0) is 57.9 Å². The van der Waals surface area contributed by atoms with Crippen LogP contribution in [-0.4, -0.2) is 52.1 Å². The van der Waals surface area contributed by atoms with Gasteiger partial charge in [-0.2, -0.15) is 9.97 Å². The summed E-state index contributed by atoms with van der Waals surface area (Å²) in [6.07, 6.45) is 6.46. The number of carbonyl (C=O) groups excluding carboxylic acids is 1. The van der Waals surface area contributed by atoms with Gasteiger partial charge in [-0.25, -0.2) is 9.97 Å². The first-order chi connectivity index (χ1) is 15.5. The zero-order chi connectivity index (χ0) is 22.9. The van der Waals surface area contributed by atoms with E-state index < -0.39 is 0 Å². The number of hydrogen-bond acceptors (Lipinski definition) is 10. The Hall–Kier alpha value is -3.08. The molecule has 1 aliphatic heterocycles. The molecule has 0 radical (unpaired) electrons. The summed E-state index contributed by atoms with van der Waals surface area (Å²) in [5, 5.41) is 2.99. The van der Waals surface area contributed by atoms with Crippen LogP contribution >= 0.6 is 11.8 Å². The van der Waals surface area contributed by atoms with Crippen molar-refractivity contribution in [1.29, 1.82) is 0 Å². The van der Waals surface area contributed by atoms with Gasteiger partial charge in [0.15, 0.2) is 5.16 Å². The number of piperidine rings is 1. The first-order valence-electron chi connectivity index (χ1n) is 10.7. The minimum Gasteiger partial charge on any atom is -0.477 e. The Morgan fingerprint density at radius 2 is 1.78 bits per heavy atom. The van der Waals surface area contributed by atoms with Gasteiger partial charge in [0.2, 0.25) is 23.6 Å². The summed E-state index contributed by atoms with van der Waals surface area (Å²) in [6, 6.07) is 1.49. The molecule has 0 unspecified atom stereocenters. The average Bonchev–Trinajstić information content (AvgIpc) is 2.76. The smallest absolute Gasteiger partial charge is 0.249 e. The van der Waals surface area contributed by atoms with Crippen LogP contribution in [0.2, 0.25) is 0 Å². The number of nitrogens with zero attached hydrogens (tertiary/aromatic N) is 5. The molecule has 32 heavy (non-hydrogen) atoms. The molecule has 0 spiro atoms. The Morgan fingerprint density at radius 3 is 2.38 bits per heavy atom. The predicted octanol–water partition coefficient (Wildman–Crippen LogP) is 3.30. The predicted molar refractivity (Wildman–Crippen MR) is 124 cm³/mol. The SMILES string of the molecule is C/C=C/C(=O)Nc1cc(N)nc(Sc2c(OCC)nc(N3CCCCC3)nc2OCC)n1. The summed E-state index contributed by atoms with van der Waals surface area (Å²) < 4.78 is 11.7. The van der Waals surface area contributed by atoms with Crippen molar-refractivity contribution < 1.29 is 14.3 Å². The van der Waals surface area contributed by atoms with Crippen molar-refractivity contribution in [3.8, 4) is 11.8 Å². The molecule has 3 N–H and O–H groups in total. The van der Waals surface area contributed by atoms with Gasteiger partial charge in [-0.1, -0.05) is 6.08 Å². The van der Waals surface area contributed by atoms with Crippen LogP contribution in [0.3, 0.4) is 0 Å². The van der Waals surface area contributed by atoms with Crippen molar-refractivity contribution in [2.45, 2.75) is 50.1 Å².